The lowest BCUT2D eigenvalue weighted by Crippen LogP contribution is -2.28. The molecule has 9 heteroatoms. The van der Waals surface area contributed by atoms with Gasteiger partial charge in [0.1, 0.15) is 5.82 Å². The summed E-state index contributed by atoms with van der Waals surface area (Å²) in [6.45, 7) is 8.44. The zero-order valence-electron chi connectivity index (χ0n) is 18.5. The Labute approximate surface area is 195 Å². The van der Waals surface area contributed by atoms with Gasteiger partial charge < -0.3 is 10.2 Å². The molecule has 1 fully saturated rings. The van der Waals surface area contributed by atoms with Gasteiger partial charge in [0.05, 0.1) is 11.6 Å². The molecule has 3 aromatic rings. The highest BCUT2D eigenvalue weighted by Gasteiger charge is 2.36. The molecule has 0 aliphatic carbocycles. The van der Waals surface area contributed by atoms with Crippen LogP contribution in [0, 0.1) is 12.8 Å². The molecule has 2 aromatic heterocycles. The van der Waals surface area contributed by atoms with Crippen molar-refractivity contribution >= 4 is 39.2 Å². The van der Waals surface area contributed by atoms with Gasteiger partial charge in [-0.2, -0.15) is 9.78 Å². The van der Waals surface area contributed by atoms with Crippen LogP contribution in [0.2, 0.25) is 0 Å². The number of nitrogens with one attached hydrogen (secondary N) is 1. The van der Waals surface area contributed by atoms with Gasteiger partial charge >= 0.3 is 0 Å². The van der Waals surface area contributed by atoms with E-state index in [4.69, 9.17) is 0 Å². The molecule has 166 valence electrons. The molecule has 1 unspecified atom stereocenters. The van der Waals surface area contributed by atoms with Crippen molar-refractivity contribution < 1.29 is 9.59 Å². The molecule has 1 atom stereocenters. The normalized spacial score (nSPS) is 16.5. The number of aromatic nitrogens is 4. The standard InChI is InChI=1S/C23H25BrN6O2/c1-14-10-16(6-7-17(14)24)29-13-15(11-20(29)31)21(32)27-19-12-18(23(2,3)4)28-30(19)22-25-8-5-9-26-22/h5-10,12,15H,11,13H2,1-4H3,(H,27,32). The van der Waals surface area contributed by atoms with Gasteiger partial charge in [-0.05, 0) is 36.8 Å². The lowest BCUT2D eigenvalue weighted by molar-refractivity contribution is -0.122. The number of amides is 2. The summed E-state index contributed by atoms with van der Waals surface area (Å²) in [7, 11) is 0. The third-order valence-electron chi connectivity index (χ3n) is 5.42. The fourth-order valence-corrected chi connectivity index (χ4v) is 3.79. The molecule has 1 aliphatic heterocycles. The van der Waals surface area contributed by atoms with Crippen LogP contribution in [0.4, 0.5) is 11.5 Å². The number of anilines is 2. The van der Waals surface area contributed by atoms with Crippen LogP contribution in [0.5, 0.6) is 0 Å². The van der Waals surface area contributed by atoms with Crippen molar-refractivity contribution in [1.82, 2.24) is 19.7 Å². The van der Waals surface area contributed by atoms with Crippen LogP contribution >= 0.6 is 15.9 Å². The highest BCUT2D eigenvalue weighted by atomic mass is 79.9. The van der Waals surface area contributed by atoms with E-state index in [1.165, 1.54) is 4.68 Å². The van der Waals surface area contributed by atoms with Crippen LogP contribution in [-0.2, 0) is 15.0 Å². The number of nitrogens with zero attached hydrogens (tertiary/aromatic N) is 5. The van der Waals surface area contributed by atoms with E-state index in [-0.39, 0.29) is 23.7 Å². The minimum atomic E-state index is -0.468. The predicted octanol–water partition coefficient (Wildman–Crippen LogP) is 4.02. The Morgan fingerprint density at radius 3 is 2.56 bits per heavy atom. The second-order valence-electron chi connectivity index (χ2n) is 8.95. The van der Waals surface area contributed by atoms with E-state index in [2.05, 4.69) is 36.3 Å². The Bertz CT molecular complexity index is 1170. The molecular weight excluding hydrogens is 472 g/mol. The molecule has 1 aromatic carbocycles. The van der Waals surface area contributed by atoms with E-state index in [1.807, 2.05) is 52.0 Å². The maximum Gasteiger partial charge on any atom is 0.252 e. The van der Waals surface area contributed by atoms with Crippen molar-refractivity contribution in [2.24, 2.45) is 5.92 Å². The Hall–Kier alpha value is -3.07. The third kappa shape index (κ3) is 4.43. The van der Waals surface area contributed by atoms with Crippen LogP contribution < -0.4 is 10.2 Å². The molecule has 1 aliphatic rings. The number of aryl methyl sites for hydroxylation is 1. The third-order valence-corrected chi connectivity index (χ3v) is 6.31. The van der Waals surface area contributed by atoms with Gasteiger partial charge in [-0.15, -0.1) is 0 Å². The molecule has 0 bridgehead atoms. The number of halogens is 1. The van der Waals surface area contributed by atoms with Gasteiger partial charge in [-0.1, -0.05) is 36.7 Å². The van der Waals surface area contributed by atoms with Crippen molar-refractivity contribution in [1.29, 1.82) is 0 Å². The van der Waals surface area contributed by atoms with Crippen LogP contribution in [0.25, 0.3) is 5.95 Å². The highest BCUT2D eigenvalue weighted by Crippen LogP contribution is 2.30. The Morgan fingerprint density at radius 1 is 1.19 bits per heavy atom. The van der Waals surface area contributed by atoms with Gasteiger partial charge in [-0.25, -0.2) is 9.97 Å². The SMILES string of the molecule is Cc1cc(N2CC(C(=O)Nc3cc(C(C)(C)C)nn3-c3ncccn3)CC2=O)ccc1Br. The van der Waals surface area contributed by atoms with E-state index < -0.39 is 5.92 Å². The summed E-state index contributed by atoms with van der Waals surface area (Å²) in [5.41, 5.74) is 2.40. The zero-order valence-corrected chi connectivity index (χ0v) is 20.0. The first-order chi connectivity index (χ1) is 15.1. The second kappa shape index (κ2) is 8.46. The largest absolute Gasteiger partial charge is 0.312 e. The molecule has 4 rings (SSSR count). The van der Waals surface area contributed by atoms with E-state index in [9.17, 15) is 9.59 Å². The van der Waals surface area contributed by atoms with E-state index in [0.29, 0.717) is 18.3 Å². The average Bonchev–Trinajstić information content (AvgIpc) is 3.34. The summed E-state index contributed by atoms with van der Waals surface area (Å²) in [6.07, 6.45) is 3.41. The quantitative estimate of drug-likeness (QED) is 0.588. The molecule has 8 nitrogen and oxygen atoms in total. The molecule has 0 saturated carbocycles. The lowest BCUT2D eigenvalue weighted by atomic mass is 9.92. The summed E-state index contributed by atoms with van der Waals surface area (Å²) >= 11 is 3.48. The summed E-state index contributed by atoms with van der Waals surface area (Å²) < 4.78 is 2.51. The van der Waals surface area contributed by atoms with Crippen molar-refractivity contribution in [3.63, 3.8) is 0 Å². The average molecular weight is 497 g/mol. The van der Waals surface area contributed by atoms with Gasteiger partial charge in [0.25, 0.3) is 5.95 Å². The van der Waals surface area contributed by atoms with E-state index in [0.717, 1.165) is 21.4 Å². The van der Waals surface area contributed by atoms with E-state index in [1.54, 1.807) is 23.4 Å². The zero-order chi connectivity index (χ0) is 23.0. The van der Waals surface area contributed by atoms with Crippen molar-refractivity contribution in [3.05, 3.63) is 58.5 Å². The summed E-state index contributed by atoms with van der Waals surface area (Å²) in [5.74, 6) is 0.0863. The smallest absolute Gasteiger partial charge is 0.252 e. The van der Waals surface area contributed by atoms with Crippen molar-refractivity contribution in [2.75, 3.05) is 16.8 Å². The van der Waals surface area contributed by atoms with Gasteiger partial charge in [0.2, 0.25) is 11.8 Å². The minimum absolute atomic E-state index is 0.0675. The number of carbonyl (C=O) groups is 2. The summed E-state index contributed by atoms with van der Waals surface area (Å²) in [5, 5.41) is 7.57. The van der Waals surface area contributed by atoms with Gasteiger partial charge in [0.15, 0.2) is 0 Å². The molecular formula is C23H25BrN6O2. The van der Waals surface area contributed by atoms with E-state index >= 15 is 0 Å². The van der Waals surface area contributed by atoms with Crippen LogP contribution in [0.3, 0.4) is 0 Å². The molecule has 0 spiro atoms. The van der Waals surface area contributed by atoms with Crippen LogP contribution in [0.1, 0.15) is 38.4 Å². The molecule has 1 N–H and O–H groups in total. The molecule has 32 heavy (non-hydrogen) atoms. The summed E-state index contributed by atoms with van der Waals surface area (Å²) in [6, 6.07) is 9.30. The first-order valence-electron chi connectivity index (χ1n) is 10.4. The fraction of sp³-hybridized carbons (Fsp3) is 0.348. The number of carbonyl (C=O) groups excluding carboxylic acids is 2. The Balaban J connectivity index is 1.57. The molecule has 2 amide bonds. The van der Waals surface area contributed by atoms with Crippen LogP contribution in [-0.4, -0.2) is 38.1 Å². The number of hydrogen-bond acceptors (Lipinski definition) is 5. The fourth-order valence-electron chi connectivity index (χ4n) is 3.55. The monoisotopic (exact) mass is 496 g/mol. The molecule has 0 radical (unpaired) electrons. The first-order valence-corrected chi connectivity index (χ1v) is 11.2. The maximum atomic E-state index is 13.1. The Morgan fingerprint density at radius 2 is 1.91 bits per heavy atom. The Kier molecular flexibility index (Phi) is 5.85. The van der Waals surface area contributed by atoms with Crippen molar-refractivity contribution in [2.45, 2.75) is 39.5 Å². The highest BCUT2D eigenvalue weighted by molar-refractivity contribution is 9.10. The summed E-state index contributed by atoms with van der Waals surface area (Å²) in [4.78, 5) is 36.0. The minimum Gasteiger partial charge on any atom is -0.312 e. The number of hydrogen-bond donors (Lipinski definition) is 1. The van der Waals surface area contributed by atoms with Gasteiger partial charge in [0, 0.05) is 47.0 Å². The maximum absolute atomic E-state index is 13.1. The predicted molar refractivity (Wildman–Crippen MR) is 126 cm³/mol. The van der Waals surface area contributed by atoms with Gasteiger partial charge in [-0.3, -0.25) is 9.59 Å². The topological polar surface area (TPSA) is 93.0 Å². The first kappa shape index (κ1) is 22.1. The number of benzene rings is 1. The van der Waals surface area contributed by atoms with Crippen molar-refractivity contribution in [3.8, 4) is 5.95 Å². The van der Waals surface area contributed by atoms with Crippen LogP contribution in [0.15, 0.2) is 47.2 Å². The lowest BCUT2D eigenvalue weighted by Gasteiger charge is -2.18. The number of rotatable bonds is 4. The molecule has 1 saturated heterocycles. The second-order valence-corrected chi connectivity index (χ2v) is 9.81. The molecule has 3 heterocycles.